The third-order valence-electron chi connectivity index (χ3n) is 2.81. The van der Waals surface area contributed by atoms with Crippen molar-refractivity contribution < 1.29 is 14.3 Å². The first-order valence-electron chi connectivity index (χ1n) is 6.04. The van der Waals surface area contributed by atoms with E-state index in [0.717, 1.165) is 6.07 Å². The van der Waals surface area contributed by atoms with Crippen LogP contribution in [0.3, 0.4) is 0 Å². The number of rotatable bonds is 4. The topological polar surface area (TPSA) is 49.3 Å². The summed E-state index contributed by atoms with van der Waals surface area (Å²) in [5, 5.41) is 12.7. The highest BCUT2D eigenvalue weighted by Crippen LogP contribution is 2.15. The van der Waals surface area contributed by atoms with E-state index in [1.54, 1.807) is 24.3 Å². The van der Waals surface area contributed by atoms with Gasteiger partial charge in [0.25, 0.3) is 5.91 Å². The molecule has 0 aliphatic heterocycles. The second-order valence-corrected chi connectivity index (χ2v) is 4.70. The fourth-order valence-electron chi connectivity index (χ4n) is 1.75. The van der Waals surface area contributed by atoms with Gasteiger partial charge in [-0.15, -0.1) is 0 Å². The molecule has 2 aromatic carbocycles. The average Bonchev–Trinajstić information content (AvgIpc) is 2.47. The van der Waals surface area contributed by atoms with Gasteiger partial charge in [0.15, 0.2) is 0 Å². The van der Waals surface area contributed by atoms with Crippen molar-refractivity contribution in [3.63, 3.8) is 0 Å². The largest absolute Gasteiger partial charge is 0.387 e. The predicted octanol–water partition coefficient (Wildman–Crippen LogP) is 2.94. The van der Waals surface area contributed by atoms with E-state index in [9.17, 15) is 14.3 Å². The zero-order valence-corrected chi connectivity index (χ0v) is 11.3. The van der Waals surface area contributed by atoms with Gasteiger partial charge in [-0.2, -0.15) is 0 Å². The SMILES string of the molecule is O=C(NC[C@H](O)c1ccccc1)c1cc(Cl)ccc1F. The molecule has 0 bridgehead atoms. The Balaban J connectivity index is 2.00. The number of hydrogen-bond donors (Lipinski definition) is 2. The zero-order chi connectivity index (χ0) is 14.5. The third kappa shape index (κ3) is 3.56. The summed E-state index contributed by atoms with van der Waals surface area (Å²) in [5.74, 6) is -1.26. The molecule has 2 aromatic rings. The van der Waals surface area contributed by atoms with Crippen LogP contribution in [0.5, 0.6) is 0 Å². The number of aliphatic hydroxyl groups is 1. The summed E-state index contributed by atoms with van der Waals surface area (Å²) in [6.45, 7) is -0.00516. The summed E-state index contributed by atoms with van der Waals surface area (Å²) < 4.78 is 13.5. The Morgan fingerprint density at radius 3 is 2.65 bits per heavy atom. The maximum absolute atomic E-state index is 13.5. The van der Waals surface area contributed by atoms with Crippen LogP contribution in [-0.4, -0.2) is 17.6 Å². The lowest BCUT2D eigenvalue weighted by Crippen LogP contribution is -2.29. The molecule has 0 saturated heterocycles. The van der Waals surface area contributed by atoms with Crippen LogP contribution >= 0.6 is 11.6 Å². The van der Waals surface area contributed by atoms with Gasteiger partial charge in [0.2, 0.25) is 0 Å². The molecule has 0 aliphatic rings. The smallest absolute Gasteiger partial charge is 0.254 e. The second-order valence-electron chi connectivity index (χ2n) is 4.26. The first-order chi connectivity index (χ1) is 9.58. The highest BCUT2D eigenvalue weighted by atomic mass is 35.5. The van der Waals surface area contributed by atoms with Gasteiger partial charge in [-0.1, -0.05) is 41.9 Å². The van der Waals surface area contributed by atoms with Crippen LogP contribution in [0.4, 0.5) is 4.39 Å². The summed E-state index contributed by atoms with van der Waals surface area (Å²) in [7, 11) is 0. The highest BCUT2D eigenvalue weighted by molar-refractivity contribution is 6.30. The molecule has 5 heteroatoms. The third-order valence-corrected chi connectivity index (χ3v) is 3.05. The monoisotopic (exact) mass is 293 g/mol. The summed E-state index contributed by atoms with van der Waals surface area (Å²) >= 11 is 5.72. The molecule has 0 radical (unpaired) electrons. The van der Waals surface area contributed by atoms with E-state index in [1.807, 2.05) is 6.07 Å². The minimum Gasteiger partial charge on any atom is -0.387 e. The molecule has 0 heterocycles. The van der Waals surface area contributed by atoms with Gasteiger partial charge in [0.05, 0.1) is 11.7 Å². The lowest BCUT2D eigenvalue weighted by Gasteiger charge is -2.12. The van der Waals surface area contributed by atoms with E-state index >= 15 is 0 Å². The van der Waals surface area contributed by atoms with Gasteiger partial charge < -0.3 is 10.4 Å². The maximum atomic E-state index is 13.5. The first kappa shape index (κ1) is 14.5. The van der Waals surface area contributed by atoms with Crippen LogP contribution < -0.4 is 5.32 Å². The second kappa shape index (κ2) is 6.50. The molecule has 0 spiro atoms. The normalized spacial score (nSPS) is 11.9. The number of halogens is 2. The summed E-state index contributed by atoms with van der Waals surface area (Å²) in [4.78, 5) is 11.8. The lowest BCUT2D eigenvalue weighted by molar-refractivity contribution is 0.0912. The number of carbonyl (C=O) groups excluding carboxylic acids is 1. The van der Waals surface area contributed by atoms with E-state index in [1.165, 1.54) is 12.1 Å². The molecule has 0 aromatic heterocycles. The molecule has 3 nitrogen and oxygen atoms in total. The molecule has 1 atom stereocenters. The molecule has 2 rings (SSSR count). The molecule has 104 valence electrons. The molecule has 1 amide bonds. The van der Waals surface area contributed by atoms with Crippen molar-refractivity contribution in [1.29, 1.82) is 0 Å². The number of amides is 1. The molecule has 0 fully saturated rings. The van der Waals surface area contributed by atoms with Crippen molar-refractivity contribution in [3.8, 4) is 0 Å². The standard InChI is InChI=1S/C15H13ClFNO2/c16-11-6-7-13(17)12(8-11)15(20)18-9-14(19)10-4-2-1-3-5-10/h1-8,14,19H,9H2,(H,18,20)/t14-/m0/s1. The van der Waals surface area contributed by atoms with Gasteiger partial charge in [-0.25, -0.2) is 4.39 Å². The number of nitrogens with one attached hydrogen (secondary N) is 1. The van der Waals surface area contributed by atoms with Crippen molar-refractivity contribution in [2.75, 3.05) is 6.54 Å². The fourth-order valence-corrected chi connectivity index (χ4v) is 1.92. The molecular weight excluding hydrogens is 281 g/mol. The Hall–Kier alpha value is -1.91. The van der Waals surface area contributed by atoms with Crippen molar-refractivity contribution in [1.82, 2.24) is 5.32 Å². The van der Waals surface area contributed by atoms with Crippen LogP contribution in [0.15, 0.2) is 48.5 Å². The Morgan fingerprint density at radius 1 is 1.25 bits per heavy atom. The van der Waals surface area contributed by atoms with Crippen molar-refractivity contribution in [2.24, 2.45) is 0 Å². The average molecular weight is 294 g/mol. The zero-order valence-electron chi connectivity index (χ0n) is 10.5. The van der Waals surface area contributed by atoms with Gasteiger partial charge in [-0.3, -0.25) is 4.79 Å². The maximum Gasteiger partial charge on any atom is 0.254 e. The van der Waals surface area contributed by atoms with Gasteiger partial charge in [0.1, 0.15) is 5.82 Å². The van der Waals surface area contributed by atoms with E-state index in [4.69, 9.17) is 11.6 Å². The summed E-state index contributed by atoms with van der Waals surface area (Å²) in [6.07, 6.45) is -0.845. The quantitative estimate of drug-likeness (QED) is 0.910. The molecule has 0 unspecified atom stereocenters. The number of aliphatic hydroxyl groups excluding tert-OH is 1. The number of hydrogen-bond acceptors (Lipinski definition) is 2. The van der Waals surface area contributed by atoms with Crippen LogP contribution in [0.1, 0.15) is 22.0 Å². The van der Waals surface area contributed by atoms with E-state index in [2.05, 4.69) is 5.32 Å². The number of benzene rings is 2. The Labute approximate surface area is 121 Å². The Kier molecular flexibility index (Phi) is 4.71. The molecule has 0 saturated carbocycles. The van der Waals surface area contributed by atoms with Crippen LogP contribution in [0.2, 0.25) is 5.02 Å². The predicted molar refractivity (Wildman–Crippen MR) is 75.1 cm³/mol. The number of carbonyl (C=O) groups is 1. The van der Waals surface area contributed by atoms with Crippen LogP contribution in [0, 0.1) is 5.82 Å². The van der Waals surface area contributed by atoms with E-state index < -0.39 is 17.8 Å². The molecular formula is C15H13ClFNO2. The van der Waals surface area contributed by atoms with E-state index in [0.29, 0.717) is 5.56 Å². The molecule has 0 aliphatic carbocycles. The van der Waals surface area contributed by atoms with Crippen molar-refractivity contribution in [3.05, 3.63) is 70.5 Å². The van der Waals surface area contributed by atoms with Crippen molar-refractivity contribution >= 4 is 17.5 Å². The van der Waals surface area contributed by atoms with E-state index in [-0.39, 0.29) is 17.1 Å². The summed E-state index contributed by atoms with van der Waals surface area (Å²) in [5.41, 5.74) is 0.539. The van der Waals surface area contributed by atoms with Gasteiger partial charge in [0, 0.05) is 11.6 Å². The van der Waals surface area contributed by atoms with Crippen LogP contribution in [-0.2, 0) is 0 Å². The van der Waals surface area contributed by atoms with Gasteiger partial charge in [-0.05, 0) is 23.8 Å². The minimum absolute atomic E-state index is 0.00516. The summed E-state index contributed by atoms with van der Waals surface area (Å²) in [6, 6.07) is 12.6. The first-order valence-corrected chi connectivity index (χ1v) is 6.42. The Bertz CT molecular complexity index is 604. The molecule has 20 heavy (non-hydrogen) atoms. The van der Waals surface area contributed by atoms with Crippen LogP contribution in [0.25, 0.3) is 0 Å². The molecule has 2 N–H and O–H groups in total. The highest BCUT2D eigenvalue weighted by Gasteiger charge is 2.14. The fraction of sp³-hybridized carbons (Fsp3) is 0.133. The van der Waals surface area contributed by atoms with Gasteiger partial charge >= 0.3 is 0 Å². The Morgan fingerprint density at radius 2 is 1.95 bits per heavy atom. The lowest BCUT2D eigenvalue weighted by atomic mass is 10.1. The van der Waals surface area contributed by atoms with Crippen molar-refractivity contribution in [2.45, 2.75) is 6.10 Å². The minimum atomic E-state index is -0.845.